The molecule has 0 saturated heterocycles. The minimum Gasteiger partial charge on any atom is -0.448 e. The molecule has 2 rings (SSSR count). The van der Waals surface area contributed by atoms with E-state index < -0.39 is 29.6 Å². The highest BCUT2D eigenvalue weighted by Gasteiger charge is 2.21. The van der Waals surface area contributed by atoms with Gasteiger partial charge in [-0.3, -0.25) is 4.79 Å². The maximum atomic E-state index is 13.6. The van der Waals surface area contributed by atoms with Crippen molar-refractivity contribution in [2.45, 2.75) is 13.0 Å². The number of anilines is 2. The fraction of sp³-hybridized carbons (Fsp3) is 0.190. The number of carbonyl (C=O) groups excluding carboxylic acids is 2. The summed E-state index contributed by atoms with van der Waals surface area (Å²) in [4.78, 5) is 26.2. The van der Waals surface area contributed by atoms with Crippen LogP contribution in [0.5, 0.6) is 0 Å². The summed E-state index contributed by atoms with van der Waals surface area (Å²) in [6.07, 6.45) is -0.00317. The Morgan fingerprint density at radius 1 is 1.17 bits per heavy atom. The number of halogens is 2. The van der Waals surface area contributed by atoms with Crippen molar-refractivity contribution in [2.24, 2.45) is 0 Å². The lowest BCUT2D eigenvalue weighted by Gasteiger charge is -2.14. The number of carbonyl (C=O) groups is 2. The molecule has 6 nitrogen and oxygen atoms in total. The van der Waals surface area contributed by atoms with Gasteiger partial charge in [-0.05, 0) is 42.8 Å². The highest BCUT2D eigenvalue weighted by atomic mass is 19.1. The fourth-order valence-corrected chi connectivity index (χ4v) is 2.28. The zero-order chi connectivity index (χ0) is 21.6. The van der Waals surface area contributed by atoms with Gasteiger partial charge in [-0.1, -0.05) is 12.1 Å². The van der Waals surface area contributed by atoms with Gasteiger partial charge in [0.25, 0.3) is 5.91 Å². The number of ether oxygens (including phenoxy) is 1. The minimum absolute atomic E-state index is 0.306. The average molecular weight is 399 g/mol. The molecule has 0 heterocycles. The van der Waals surface area contributed by atoms with Gasteiger partial charge in [0.2, 0.25) is 0 Å². The van der Waals surface area contributed by atoms with Crippen LogP contribution in [0, 0.1) is 23.0 Å². The molecule has 0 aromatic heterocycles. The number of nitrogens with zero attached hydrogens (tertiary/aromatic N) is 2. The van der Waals surface area contributed by atoms with E-state index in [0.717, 1.165) is 23.9 Å². The summed E-state index contributed by atoms with van der Waals surface area (Å²) in [5.41, 5.74) is 0.857. The van der Waals surface area contributed by atoms with Crippen LogP contribution < -0.4 is 10.2 Å². The maximum absolute atomic E-state index is 13.6. The second-order valence-electron chi connectivity index (χ2n) is 6.32. The number of benzene rings is 2. The molecule has 150 valence electrons. The molecule has 0 spiro atoms. The predicted molar refractivity (Wildman–Crippen MR) is 105 cm³/mol. The first-order chi connectivity index (χ1) is 13.7. The summed E-state index contributed by atoms with van der Waals surface area (Å²) in [5.74, 6) is -3.44. The molecule has 1 atom stereocenters. The van der Waals surface area contributed by atoms with E-state index in [4.69, 9.17) is 4.74 Å². The van der Waals surface area contributed by atoms with Crippen LogP contribution in [-0.2, 0) is 14.3 Å². The van der Waals surface area contributed by atoms with Crippen LogP contribution in [0.2, 0.25) is 0 Å². The van der Waals surface area contributed by atoms with Crippen molar-refractivity contribution >= 4 is 29.3 Å². The zero-order valence-corrected chi connectivity index (χ0v) is 16.1. The molecule has 0 aliphatic carbocycles. The van der Waals surface area contributed by atoms with Crippen molar-refractivity contribution in [3.8, 4) is 6.07 Å². The van der Waals surface area contributed by atoms with Crippen molar-refractivity contribution in [2.75, 3.05) is 24.3 Å². The summed E-state index contributed by atoms with van der Waals surface area (Å²) in [7, 11) is 3.76. The Hall–Kier alpha value is -3.73. The molecule has 1 N–H and O–H groups in total. The molecule has 0 unspecified atom stereocenters. The molecule has 0 aliphatic rings. The molecule has 2 aromatic rings. The van der Waals surface area contributed by atoms with Crippen LogP contribution in [0.15, 0.2) is 48.0 Å². The third-order valence-electron chi connectivity index (χ3n) is 3.90. The van der Waals surface area contributed by atoms with E-state index in [1.165, 1.54) is 13.0 Å². The van der Waals surface area contributed by atoms with Gasteiger partial charge in [-0.25, -0.2) is 13.6 Å². The zero-order valence-electron chi connectivity index (χ0n) is 16.1. The second-order valence-corrected chi connectivity index (χ2v) is 6.32. The first kappa shape index (κ1) is 21.6. The van der Waals surface area contributed by atoms with Crippen LogP contribution in [0.25, 0.3) is 6.08 Å². The van der Waals surface area contributed by atoms with E-state index in [-0.39, 0.29) is 11.3 Å². The average Bonchev–Trinajstić information content (AvgIpc) is 2.68. The number of amides is 1. The van der Waals surface area contributed by atoms with Gasteiger partial charge in [0.15, 0.2) is 6.10 Å². The lowest BCUT2D eigenvalue weighted by molar-refractivity contribution is -0.148. The fourth-order valence-electron chi connectivity index (χ4n) is 2.28. The standard InChI is InChI=1S/C21H19F2N3O3/c1-13(20(27)25-19-11-16(22)6-9-18(19)23)29-21(28)15(12-24)10-14-4-7-17(8-5-14)26(2)3/h4-11,13H,1-3H3,(H,25,27)/b15-10+/t13-/m1/s1. The largest absolute Gasteiger partial charge is 0.448 e. The Kier molecular flexibility index (Phi) is 7.04. The van der Waals surface area contributed by atoms with Crippen LogP contribution in [-0.4, -0.2) is 32.1 Å². The summed E-state index contributed by atoms with van der Waals surface area (Å²) < 4.78 is 31.8. The number of nitriles is 1. The first-order valence-corrected chi connectivity index (χ1v) is 8.57. The molecule has 29 heavy (non-hydrogen) atoms. The van der Waals surface area contributed by atoms with Crippen LogP contribution in [0.1, 0.15) is 12.5 Å². The van der Waals surface area contributed by atoms with Crippen molar-refractivity contribution in [3.05, 3.63) is 65.2 Å². The molecule has 1 amide bonds. The van der Waals surface area contributed by atoms with Gasteiger partial charge in [-0.2, -0.15) is 5.26 Å². The maximum Gasteiger partial charge on any atom is 0.349 e. The van der Waals surface area contributed by atoms with Crippen molar-refractivity contribution in [1.29, 1.82) is 5.26 Å². The number of esters is 1. The van der Waals surface area contributed by atoms with Gasteiger partial charge in [-0.15, -0.1) is 0 Å². The van der Waals surface area contributed by atoms with Crippen LogP contribution in [0.4, 0.5) is 20.2 Å². The van der Waals surface area contributed by atoms with Gasteiger partial charge >= 0.3 is 5.97 Å². The van der Waals surface area contributed by atoms with Crippen molar-refractivity contribution in [3.63, 3.8) is 0 Å². The smallest absolute Gasteiger partial charge is 0.349 e. The SMILES string of the molecule is C[C@@H](OC(=O)/C(C#N)=C/c1ccc(N(C)C)cc1)C(=O)Nc1cc(F)ccc1F. The third-order valence-corrected chi connectivity index (χ3v) is 3.90. The Bertz CT molecular complexity index is 980. The molecule has 0 radical (unpaired) electrons. The van der Waals surface area contributed by atoms with Crippen LogP contribution in [0.3, 0.4) is 0 Å². The number of hydrogen-bond acceptors (Lipinski definition) is 5. The highest BCUT2D eigenvalue weighted by Crippen LogP contribution is 2.17. The second kappa shape index (κ2) is 9.46. The summed E-state index contributed by atoms with van der Waals surface area (Å²) >= 11 is 0. The topological polar surface area (TPSA) is 82.4 Å². The normalized spacial score (nSPS) is 11.9. The van der Waals surface area contributed by atoms with Crippen molar-refractivity contribution < 1.29 is 23.1 Å². The summed E-state index contributed by atoms with van der Waals surface area (Å²) in [6, 6.07) is 11.4. The third kappa shape index (κ3) is 5.87. The highest BCUT2D eigenvalue weighted by molar-refractivity contribution is 6.01. The minimum atomic E-state index is -1.34. The van der Waals surface area contributed by atoms with Gasteiger partial charge in [0.05, 0.1) is 5.69 Å². The van der Waals surface area contributed by atoms with E-state index in [9.17, 15) is 23.6 Å². The summed E-state index contributed by atoms with van der Waals surface area (Å²) in [5, 5.41) is 11.4. The molecule has 0 fully saturated rings. The lowest BCUT2D eigenvalue weighted by atomic mass is 10.1. The molecule has 0 aliphatic heterocycles. The summed E-state index contributed by atoms with van der Waals surface area (Å²) in [6.45, 7) is 1.26. The Balaban J connectivity index is 2.07. The Labute approximate surface area is 167 Å². The Morgan fingerprint density at radius 3 is 2.41 bits per heavy atom. The van der Waals surface area contributed by atoms with E-state index in [1.807, 2.05) is 31.1 Å². The molecular formula is C21H19F2N3O3. The number of rotatable bonds is 6. The molecule has 0 saturated carbocycles. The van der Waals surface area contributed by atoms with E-state index in [2.05, 4.69) is 5.32 Å². The van der Waals surface area contributed by atoms with Crippen LogP contribution >= 0.6 is 0 Å². The van der Waals surface area contributed by atoms with E-state index in [1.54, 1.807) is 18.2 Å². The lowest BCUT2D eigenvalue weighted by Crippen LogP contribution is -2.30. The molecule has 0 bridgehead atoms. The Morgan fingerprint density at radius 2 is 1.83 bits per heavy atom. The monoisotopic (exact) mass is 399 g/mol. The van der Waals surface area contributed by atoms with E-state index >= 15 is 0 Å². The molecule has 8 heteroatoms. The quantitative estimate of drug-likeness (QED) is 0.457. The van der Waals surface area contributed by atoms with Gasteiger partial charge in [0, 0.05) is 25.8 Å². The molecular weight excluding hydrogens is 380 g/mol. The molecule has 2 aromatic carbocycles. The first-order valence-electron chi connectivity index (χ1n) is 8.57. The van der Waals surface area contributed by atoms with Gasteiger partial charge in [0.1, 0.15) is 23.3 Å². The van der Waals surface area contributed by atoms with Crippen molar-refractivity contribution in [1.82, 2.24) is 0 Å². The van der Waals surface area contributed by atoms with Gasteiger partial charge < -0.3 is 15.0 Å². The number of hydrogen-bond donors (Lipinski definition) is 1. The number of nitrogens with one attached hydrogen (secondary N) is 1. The predicted octanol–water partition coefficient (Wildman–Crippen LogP) is 3.51. The van der Waals surface area contributed by atoms with E-state index in [0.29, 0.717) is 5.56 Å².